The number of rotatable bonds is 5. The number of aromatic nitrogens is 6. The van der Waals surface area contributed by atoms with Gasteiger partial charge in [0.15, 0.2) is 11.4 Å². The van der Waals surface area contributed by atoms with Crippen molar-refractivity contribution in [3.05, 3.63) is 35.7 Å². The highest BCUT2D eigenvalue weighted by molar-refractivity contribution is 5.97. The molecular weight excluding hydrogens is 398 g/mol. The third-order valence-corrected chi connectivity index (χ3v) is 4.24. The SMILES string of the molecule is Cc1c(C(=O)N=Nc2c(O)n(CC(=O)[O-])c3ccccc23)nnn1-c1nonc1N. The van der Waals surface area contributed by atoms with Gasteiger partial charge in [0.1, 0.15) is 0 Å². The fourth-order valence-electron chi connectivity index (χ4n) is 2.87. The Kier molecular flexibility index (Phi) is 4.42. The number of aromatic hydroxyl groups is 1. The summed E-state index contributed by atoms with van der Waals surface area (Å²) < 4.78 is 6.74. The minimum atomic E-state index is -1.40. The number of fused-ring (bicyclic) bond motifs is 1. The van der Waals surface area contributed by atoms with Crippen LogP contribution in [0.25, 0.3) is 16.7 Å². The lowest BCUT2D eigenvalue weighted by atomic mass is 10.2. The van der Waals surface area contributed by atoms with Gasteiger partial charge in [-0.2, -0.15) is 4.68 Å². The van der Waals surface area contributed by atoms with Gasteiger partial charge in [-0.05, 0) is 23.3 Å². The van der Waals surface area contributed by atoms with E-state index in [0.717, 1.165) is 9.25 Å². The highest BCUT2D eigenvalue weighted by Gasteiger charge is 2.22. The first kappa shape index (κ1) is 18.7. The van der Waals surface area contributed by atoms with E-state index in [4.69, 9.17) is 5.73 Å². The van der Waals surface area contributed by atoms with Crippen LogP contribution in [0.3, 0.4) is 0 Å². The topological polar surface area (TPSA) is 203 Å². The van der Waals surface area contributed by atoms with Crippen LogP contribution in [0.4, 0.5) is 11.5 Å². The van der Waals surface area contributed by atoms with E-state index >= 15 is 0 Å². The van der Waals surface area contributed by atoms with Crippen molar-refractivity contribution >= 4 is 34.3 Å². The van der Waals surface area contributed by atoms with E-state index in [-0.39, 0.29) is 28.7 Å². The number of nitrogens with zero attached hydrogens (tertiary/aromatic N) is 8. The Morgan fingerprint density at radius 3 is 2.77 bits per heavy atom. The van der Waals surface area contributed by atoms with Gasteiger partial charge in [-0.3, -0.25) is 4.79 Å². The number of hydrogen-bond acceptors (Lipinski definition) is 11. The number of aliphatic carboxylic acids is 1. The first-order valence-corrected chi connectivity index (χ1v) is 8.35. The highest BCUT2D eigenvalue weighted by atomic mass is 16.6. The molecule has 3 heterocycles. The number of nitrogen functional groups attached to an aromatic ring is 1. The van der Waals surface area contributed by atoms with Crippen molar-refractivity contribution in [3.8, 4) is 11.7 Å². The van der Waals surface area contributed by atoms with Gasteiger partial charge in [0, 0.05) is 5.39 Å². The number of anilines is 1. The van der Waals surface area contributed by atoms with Crippen LogP contribution in [0.5, 0.6) is 5.88 Å². The molecule has 1 aromatic carbocycles. The van der Waals surface area contributed by atoms with Gasteiger partial charge < -0.3 is 25.3 Å². The van der Waals surface area contributed by atoms with Crippen molar-refractivity contribution in [2.45, 2.75) is 13.5 Å². The Morgan fingerprint density at radius 1 is 1.30 bits per heavy atom. The summed E-state index contributed by atoms with van der Waals surface area (Å²) >= 11 is 0. The predicted octanol–water partition coefficient (Wildman–Crippen LogP) is -0.125. The van der Waals surface area contributed by atoms with E-state index in [9.17, 15) is 19.8 Å². The largest absolute Gasteiger partial charge is 0.548 e. The lowest BCUT2D eigenvalue weighted by Gasteiger charge is -2.06. The number of amides is 1. The molecule has 4 aromatic rings. The zero-order valence-electron chi connectivity index (χ0n) is 15.3. The van der Waals surface area contributed by atoms with Crippen LogP contribution in [0, 0.1) is 6.92 Å². The summed E-state index contributed by atoms with van der Waals surface area (Å²) in [6, 6.07) is 6.51. The van der Waals surface area contributed by atoms with E-state index in [1.54, 1.807) is 24.3 Å². The lowest BCUT2D eigenvalue weighted by molar-refractivity contribution is -0.306. The molecule has 0 bridgehead atoms. The Bertz CT molecular complexity index is 1320. The average Bonchev–Trinajstić information content (AvgIpc) is 3.37. The molecule has 3 N–H and O–H groups in total. The smallest absolute Gasteiger partial charge is 0.317 e. The van der Waals surface area contributed by atoms with Gasteiger partial charge in [0.05, 0.1) is 23.7 Å². The summed E-state index contributed by atoms with van der Waals surface area (Å²) in [6.45, 7) is 0.927. The Balaban J connectivity index is 1.70. The number of azo groups is 1. The Labute approximate surface area is 166 Å². The van der Waals surface area contributed by atoms with Crippen molar-refractivity contribution in [3.63, 3.8) is 0 Å². The number of carboxylic acids is 1. The molecule has 0 atom stereocenters. The molecule has 1 amide bonds. The minimum Gasteiger partial charge on any atom is -0.548 e. The number of carbonyl (C=O) groups is 2. The molecule has 0 radical (unpaired) electrons. The van der Waals surface area contributed by atoms with Crippen LogP contribution in [0.1, 0.15) is 16.2 Å². The van der Waals surface area contributed by atoms with Crippen LogP contribution in [-0.4, -0.2) is 46.9 Å². The summed E-state index contributed by atoms with van der Waals surface area (Å²) in [7, 11) is 0. The van der Waals surface area contributed by atoms with Gasteiger partial charge in [-0.1, -0.05) is 23.4 Å². The fraction of sp³-hybridized carbons (Fsp3) is 0.125. The molecule has 0 spiro atoms. The molecule has 0 aliphatic carbocycles. The maximum atomic E-state index is 12.5. The number of carboxylic acid groups (broad SMARTS) is 1. The summed E-state index contributed by atoms with van der Waals surface area (Å²) in [4.78, 5) is 23.5. The minimum absolute atomic E-state index is 0.0470. The molecule has 14 heteroatoms. The number of carbonyl (C=O) groups excluding carboxylic acids is 2. The van der Waals surface area contributed by atoms with Crippen molar-refractivity contribution in [2.24, 2.45) is 10.2 Å². The van der Waals surface area contributed by atoms with Gasteiger partial charge in [-0.25, -0.2) is 4.63 Å². The molecule has 0 aliphatic heterocycles. The normalized spacial score (nSPS) is 11.5. The standard InChI is InChI=1S/C16H13N9O5/c1-7-11(19-23-25(7)14-13(17)21-30-22-14)15(28)20-18-12-8-4-2-3-5-9(8)24(16(12)29)6-10(26)27/h2-5,29H,6H2,1H3,(H2,17,21)(H,26,27)/p-1. The zero-order valence-corrected chi connectivity index (χ0v) is 15.3. The van der Waals surface area contributed by atoms with Gasteiger partial charge in [-0.15, -0.1) is 15.3 Å². The molecule has 0 saturated carbocycles. The highest BCUT2D eigenvalue weighted by Crippen LogP contribution is 2.38. The van der Waals surface area contributed by atoms with E-state index in [0.29, 0.717) is 10.9 Å². The van der Waals surface area contributed by atoms with Crippen molar-refractivity contribution in [2.75, 3.05) is 5.73 Å². The summed E-state index contributed by atoms with van der Waals surface area (Å²) in [6.07, 6.45) is 0. The van der Waals surface area contributed by atoms with Crippen LogP contribution >= 0.6 is 0 Å². The molecule has 0 saturated heterocycles. The monoisotopic (exact) mass is 410 g/mol. The maximum Gasteiger partial charge on any atom is 0.317 e. The van der Waals surface area contributed by atoms with E-state index < -0.39 is 24.3 Å². The number of nitrogens with two attached hydrogens (primary N) is 1. The third kappa shape index (κ3) is 3.01. The van der Waals surface area contributed by atoms with Crippen molar-refractivity contribution in [1.82, 2.24) is 29.9 Å². The van der Waals surface area contributed by atoms with Crippen LogP contribution < -0.4 is 10.8 Å². The summed E-state index contributed by atoms with van der Waals surface area (Å²) in [5, 5.41) is 43.7. The quantitative estimate of drug-likeness (QED) is 0.417. The predicted molar refractivity (Wildman–Crippen MR) is 95.8 cm³/mol. The number of benzene rings is 1. The number of hydrogen-bond donors (Lipinski definition) is 2. The lowest BCUT2D eigenvalue weighted by Crippen LogP contribution is -2.27. The summed E-state index contributed by atoms with van der Waals surface area (Å²) in [5.41, 5.74) is 6.04. The average molecular weight is 410 g/mol. The molecule has 3 aromatic heterocycles. The van der Waals surface area contributed by atoms with Gasteiger partial charge in [0.2, 0.25) is 17.5 Å². The molecule has 14 nitrogen and oxygen atoms in total. The van der Waals surface area contributed by atoms with Crippen LogP contribution in [0.15, 0.2) is 39.1 Å². The Hall–Kier alpha value is -4.62. The van der Waals surface area contributed by atoms with Crippen molar-refractivity contribution < 1.29 is 24.4 Å². The first-order chi connectivity index (χ1) is 14.4. The maximum absolute atomic E-state index is 12.5. The zero-order chi connectivity index (χ0) is 21.4. The fourth-order valence-corrected chi connectivity index (χ4v) is 2.87. The van der Waals surface area contributed by atoms with Gasteiger partial charge >= 0.3 is 5.91 Å². The Morgan fingerprint density at radius 2 is 2.07 bits per heavy atom. The second kappa shape index (κ2) is 7.08. The molecule has 0 unspecified atom stereocenters. The van der Waals surface area contributed by atoms with Gasteiger partial charge in [0.25, 0.3) is 0 Å². The van der Waals surface area contributed by atoms with Crippen LogP contribution in [0.2, 0.25) is 0 Å². The molecule has 0 fully saturated rings. The van der Waals surface area contributed by atoms with Crippen molar-refractivity contribution in [1.29, 1.82) is 0 Å². The molecule has 30 heavy (non-hydrogen) atoms. The summed E-state index contributed by atoms with van der Waals surface area (Å²) in [5.74, 6) is -2.73. The third-order valence-electron chi connectivity index (χ3n) is 4.24. The molecule has 0 aliphatic rings. The van der Waals surface area contributed by atoms with E-state index in [1.807, 2.05) is 0 Å². The van der Waals surface area contributed by atoms with E-state index in [2.05, 4.69) is 35.5 Å². The second-order valence-corrected chi connectivity index (χ2v) is 6.06. The molecule has 152 valence electrons. The first-order valence-electron chi connectivity index (χ1n) is 8.35. The number of para-hydroxylation sites is 1. The second-order valence-electron chi connectivity index (χ2n) is 6.06. The van der Waals surface area contributed by atoms with Crippen LogP contribution in [-0.2, 0) is 11.3 Å². The molecular formula is C16H12N9O5-. The molecule has 4 rings (SSSR count). The van der Waals surface area contributed by atoms with E-state index in [1.165, 1.54) is 6.92 Å².